The number of Topliss-reactive ketones (excluding diaryl/α,β-unsaturated/α-hetero) is 1. The number of unbranched alkanes of at least 4 members (excludes halogenated alkanes) is 8. The zero-order valence-corrected chi connectivity index (χ0v) is 22.8. The maximum absolute atomic E-state index is 11.4. The highest BCUT2D eigenvalue weighted by molar-refractivity contribution is 5.76. The van der Waals surface area contributed by atoms with Crippen molar-refractivity contribution >= 4 is 23.6 Å². The second-order valence-electron chi connectivity index (χ2n) is 8.76. The van der Waals surface area contributed by atoms with Crippen LogP contribution in [-0.2, 0) is 19.2 Å². The van der Waals surface area contributed by atoms with Crippen molar-refractivity contribution in [3.05, 3.63) is 0 Å². The molecule has 0 spiro atoms. The van der Waals surface area contributed by atoms with E-state index < -0.39 is 11.9 Å². The first-order chi connectivity index (χ1) is 17.2. The van der Waals surface area contributed by atoms with Crippen molar-refractivity contribution in [2.24, 2.45) is 11.5 Å². The lowest BCUT2D eigenvalue weighted by atomic mass is 10.1. The maximum atomic E-state index is 11.4. The van der Waals surface area contributed by atoms with Gasteiger partial charge in [-0.05, 0) is 85.0 Å². The van der Waals surface area contributed by atoms with Crippen LogP contribution < -0.4 is 22.1 Å². The van der Waals surface area contributed by atoms with Crippen LogP contribution in [0.2, 0.25) is 0 Å². The molecule has 0 heterocycles. The number of ketones is 1. The lowest BCUT2D eigenvalue weighted by Crippen LogP contribution is -2.24. The first-order valence-corrected chi connectivity index (χ1v) is 13.5. The van der Waals surface area contributed by atoms with Gasteiger partial charge in [-0.2, -0.15) is 0 Å². The van der Waals surface area contributed by atoms with Crippen molar-refractivity contribution in [2.45, 2.75) is 110 Å². The lowest BCUT2D eigenvalue weighted by Gasteiger charge is -2.05. The van der Waals surface area contributed by atoms with E-state index in [0.717, 1.165) is 58.3 Å². The van der Waals surface area contributed by atoms with Gasteiger partial charge in [0.15, 0.2) is 0 Å². The van der Waals surface area contributed by atoms with E-state index in [-0.39, 0.29) is 24.5 Å². The van der Waals surface area contributed by atoms with Crippen molar-refractivity contribution in [3.63, 3.8) is 0 Å². The number of carbonyl (C=O) groups is 4. The summed E-state index contributed by atoms with van der Waals surface area (Å²) in [5, 5.41) is 22.3. The van der Waals surface area contributed by atoms with Gasteiger partial charge in [0.25, 0.3) is 0 Å². The molecule has 0 aromatic carbocycles. The van der Waals surface area contributed by atoms with Crippen molar-refractivity contribution in [1.82, 2.24) is 10.6 Å². The number of nitrogens with one attached hydrogen (secondary N) is 2. The van der Waals surface area contributed by atoms with Crippen LogP contribution in [0, 0.1) is 0 Å². The van der Waals surface area contributed by atoms with Crippen molar-refractivity contribution in [2.75, 3.05) is 33.2 Å². The Kier molecular flexibility index (Phi) is 35.2. The Labute approximate surface area is 218 Å². The van der Waals surface area contributed by atoms with E-state index in [0.29, 0.717) is 25.7 Å². The maximum Gasteiger partial charge on any atom is 0.303 e. The number of amides is 1. The van der Waals surface area contributed by atoms with Gasteiger partial charge in [-0.3, -0.25) is 14.4 Å². The fourth-order valence-corrected chi connectivity index (χ4v) is 2.95. The topological polar surface area (TPSA) is 185 Å². The molecule has 214 valence electrons. The van der Waals surface area contributed by atoms with Crippen LogP contribution in [0.5, 0.6) is 0 Å². The molecule has 0 bridgehead atoms. The highest BCUT2D eigenvalue weighted by Crippen LogP contribution is 2.01. The van der Waals surface area contributed by atoms with E-state index >= 15 is 0 Å². The standard InChI is InChI=1S/C14H28N2O2.C6H16N2.C6H10O4/c1-13(17)9-5-6-10-14(18)16-12-8-4-3-7-11-15-2;7-5-3-1-2-4-6-8;7-5(8)3-1-2-4-6(9)10/h15H,3-12H2,1-2H3,(H,16,18);1-8H2;1-4H2,(H,7,8)(H,9,10). The summed E-state index contributed by atoms with van der Waals surface area (Å²) < 4.78 is 0. The second-order valence-corrected chi connectivity index (χ2v) is 8.76. The monoisotopic (exact) mass is 518 g/mol. The summed E-state index contributed by atoms with van der Waals surface area (Å²) in [5.74, 6) is -1.42. The molecule has 0 fully saturated rings. The first kappa shape index (κ1) is 38.5. The van der Waals surface area contributed by atoms with Crippen molar-refractivity contribution in [1.29, 1.82) is 0 Å². The summed E-state index contributed by atoms with van der Waals surface area (Å²) in [6, 6.07) is 0. The molecule has 1 amide bonds. The Morgan fingerprint density at radius 1 is 0.583 bits per heavy atom. The fraction of sp³-hybridized carbons (Fsp3) is 0.846. The summed E-state index contributed by atoms with van der Waals surface area (Å²) in [5.41, 5.74) is 10.6. The molecule has 0 atom stereocenters. The largest absolute Gasteiger partial charge is 0.481 e. The van der Waals surface area contributed by atoms with E-state index in [1.165, 1.54) is 32.1 Å². The zero-order chi connectivity index (χ0) is 27.9. The van der Waals surface area contributed by atoms with Crippen molar-refractivity contribution < 1.29 is 29.4 Å². The Bertz CT molecular complexity index is 511. The van der Waals surface area contributed by atoms with Gasteiger partial charge < -0.3 is 37.1 Å². The average Bonchev–Trinajstić information content (AvgIpc) is 2.82. The SMILES string of the molecule is CNCCCCCCNC(=O)CCCCC(C)=O.NCCCCCCN.O=C(O)CCCCC(=O)O. The highest BCUT2D eigenvalue weighted by Gasteiger charge is 2.01. The number of carboxylic acid groups (broad SMARTS) is 2. The molecule has 0 aliphatic rings. The van der Waals surface area contributed by atoms with E-state index in [9.17, 15) is 19.2 Å². The quantitative estimate of drug-likeness (QED) is 0.117. The molecule has 0 rings (SSSR count). The molecule has 0 unspecified atom stereocenters. The van der Waals surface area contributed by atoms with Gasteiger partial charge in [0.05, 0.1) is 0 Å². The summed E-state index contributed by atoms with van der Waals surface area (Å²) in [6.45, 7) is 5.09. The van der Waals surface area contributed by atoms with E-state index in [4.69, 9.17) is 21.7 Å². The normalized spacial score (nSPS) is 9.89. The van der Waals surface area contributed by atoms with Crippen LogP contribution in [0.3, 0.4) is 0 Å². The van der Waals surface area contributed by atoms with E-state index in [1.807, 2.05) is 7.05 Å². The first-order valence-electron chi connectivity index (χ1n) is 13.5. The van der Waals surface area contributed by atoms with E-state index in [1.54, 1.807) is 6.92 Å². The minimum atomic E-state index is -0.870. The molecule has 0 aliphatic heterocycles. The number of hydrogen-bond acceptors (Lipinski definition) is 7. The molecule has 8 N–H and O–H groups in total. The lowest BCUT2D eigenvalue weighted by molar-refractivity contribution is -0.139. The van der Waals surface area contributed by atoms with Gasteiger partial charge in [0.1, 0.15) is 5.78 Å². The number of rotatable bonds is 22. The Morgan fingerprint density at radius 2 is 1.00 bits per heavy atom. The van der Waals surface area contributed by atoms with Crippen molar-refractivity contribution in [3.8, 4) is 0 Å². The summed E-state index contributed by atoms with van der Waals surface area (Å²) in [6.07, 6.45) is 13.2. The molecule has 0 radical (unpaired) electrons. The van der Waals surface area contributed by atoms with Crippen LogP contribution in [0.4, 0.5) is 0 Å². The smallest absolute Gasteiger partial charge is 0.303 e. The highest BCUT2D eigenvalue weighted by atomic mass is 16.4. The second kappa shape index (κ2) is 33.0. The minimum absolute atomic E-state index is 0.0628. The van der Waals surface area contributed by atoms with Gasteiger partial charge in [-0.1, -0.05) is 25.7 Å². The Morgan fingerprint density at radius 3 is 1.42 bits per heavy atom. The molecule has 36 heavy (non-hydrogen) atoms. The predicted molar refractivity (Wildman–Crippen MR) is 145 cm³/mol. The van der Waals surface area contributed by atoms with Crippen LogP contribution >= 0.6 is 0 Å². The van der Waals surface area contributed by atoms with Crippen LogP contribution in [-0.4, -0.2) is 67.1 Å². The summed E-state index contributed by atoms with van der Waals surface area (Å²) >= 11 is 0. The van der Waals surface area contributed by atoms with Crippen LogP contribution in [0.15, 0.2) is 0 Å². The van der Waals surface area contributed by atoms with Gasteiger partial charge in [-0.15, -0.1) is 0 Å². The minimum Gasteiger partial charge on any atom is -0.481 e. The van der Waals surface area contributed by atoms with Gasteiger partial charge in [0, 0.05) is 32.2 Å². The number of hydrogen-bond donors (Lipinski definition) is 6. The Balaban J connectivity index is -0.000000508. The third kappa shape index (κ3) is 45.5. The zero-order valence-electron chi connectivity index (χ0n) is 22.8. The van der Waals surface area contributed by atoms with Gasteiger partial charge in [0.2, 0.25) is 5.91 Å². The predicted octanol–water partition coefficient (Wildman–Crippen LogP) is 3.21. The Hall–Kier alpha value is -2.04. The summed E-state index contributed by atoms with van der Waals surface area (Å²) in [4.78, 5) is 41.9. The van der Waals surface area contributed by atoms with Crippen LogP contribution in [0.1, 0.15) is 110 Å². The molecule has 0 aromatic heterocycles. The third-order valence-electron chi connectivity index (χ3n) is 5.05. The molecule has 0 aliphatic carbocycles. The number of carbonyl (C=O) groups excluding carboxylic acids is 2. The van der Waals surface area contributed by atoms with Gasteiger partial charge >= 0.3 is 11.9 Å². The molecular weight excluding hydrogens is 464 g/mol. The fourth-order valence-electron chi connectivity index (χ4n) is 2.95. The number of carboxylic acids is 2. The number of nitrogens with two attached hydrogens (primary N) is 2. The molecule has 10 nitrogen and oxygen atoms in total. The van der Waals surface area contributed by atoms with Gasteiger partial charge in [-0.25, -0.2) is 0 Å². The van der Waals surface area contributed by atoms with E-state index in [2.05, 4.69) is 10.6 Å². The third-order valence-corrected chi connectivity index (χ3v) is 5.05. The molecular formula is C26H54N4O6. The number of aliphatic carboxylic acids is 2. The molecule has 10 heteroatoms. The average molecular weight is 519 g/mol. The van der Waals surface area contributed by atoms with Crippen LogP contribution in [0.25, 0.3) is 0 Å². The molecule has 0 saturated carbocycles. The molecule has 0 aromatic rings. The molecule has 0 saturated heterocycles. The summed E-state index contributed by atoms with van der Waals surface area (Å²) in [7, 11) is 1.96.